The van der Waals surface area contributed by atoms with Gasteiger partial charge in [0.15, 0.2) is 0 Å². The van der Waals surface area contributed by atoms with Crippen molar-refractivity contribution >= 4 is 16.9 Å². The molecule has 0 radical (unpaired) electrons. The second-order valence-electron chi connectivity index (χ2n) is 9.52. The van der Waals surface area contributed by atoms with Crippen molar-refractivity contribution in [2.75, 3.05) is 13.1 Å². The molecule has 1 N–H and O–H groups in total. The van der Waals surface area contributed by atoms with E-state index in [0.717, 1.165) is 36.0 Å². The largest absolute Gasteiger partial charge is 0.416 e. The Morgan fingerprint density at radius 1 is 1.00 bits per heavy atom. The van der Waals surface area contributed by atoms with Crippen molar-refractivity contribution in [2.45, 2.75) is 43.8 Å². The number of H-pyrrole nitrogens is 1. The molecule has 4 aromatic rings. The molecule has 3 heterocycles. The Morgan fingerprint density at radius 3 is 2.47 bits per heavy atom. The summed E-state index contributed by atoms with van der Waals surface area (Å²) in [7, 11) is 0. The minimum atomic E-state index is -4.46. The molecule has 2 aromatic carbocycles. The molecule has 6 rings (SSSR count). The Balaban J connectivity index is 1.25. The van der Waals surface area contributed by atoms with Crippen molar-refractivity contribution in [3.8, 4) is 5.69 Å². The predicted molar refractivity (Wildman–Crippen MR) is 127 cm³/mol. The van der Waals surface area contributed by atoms with Gasteiger partial charge in [-0.2, -0.15) is 18.3 Å². The summed E-state index contributed by atoms with van der Waals surface area (Å²) in [4.78, 5) is 30.7. The number of hydrogen-bond donors (Lipinski definition) is 1. The van der Waals surface area contributed by atoms with Crippen LogP contribution in [-0.4, -0.2) is 43.2 Å². The van der Waals surface area contributed by atoms with Gasteiger partial charge in [-0.1, -0.05) is 18.2 Å². The number of aromatic nitrogens is 4. The Hall–Kier alpha value is -3.82. The van der Waals surface area contributed by atoms with E-state index in [0.29, 0.717) is 42.9 Å². The molecule has 2 aromatic heterocycles. The highest BCUT2D eigenvalue weighted by Crippen LogP contribution is 2.43. The van der Waals surface area contributed by atoms with Gasteiger partial charge in [0.1, 0.15) is 0 Å². The molecule has 0 atom stereocenters. The van der Waals surface area contributed by atoms with E-state index in [9.17, 15) is 22.8 Å². The van der Waals surface area contributed by atoms with E-state index >= 15 is 0 Å². The first kappa shape index (κ1) is 22.6. The van der Waals surface area contributed by atoms with Crippen molar-refractivity contribution in [1.82, 2.24) is 24.2 Å². The molecule has 0 bridgehead atoms. The number of alkyl halides is 3. The number of hydrogen-bond acceptors (Lipinski definition) is 3. The first-order valence-electron chi connectivity index (χ1n) is 12.1. The van der Waals surface area contributed by atoms with Crippen LogP contribution in [0, 0.1) is 0 Å². The van der Waals surface area contributed by atoms with Crippen LogP contribution in [0.1, 0.15) is 59.3 Å². The number of aromatic amines is 1. The third-order valence-corrected chi connectivity index (χ3v) is 7.16. The highest BCUT2D eigenvalue weighted by molar-refractivity contribution is 5.95. The summed E-state index contributed by atoms with van der Waals surface area (Å²) in [5.74, 6) is -0.0665. The molecule has 1 amide bonds. The van der Waals surface area contributed by atoms with E-state index < -0.39 is 11.7 Å². The van der Waals surface area contributed by atoms with Crippen LogP contribution in [0.15, 0.2) is 59.5 Å². The first-order chi connectivity index (χ1) is 17.3. The summed E-state index contributed by atoms with van der Waals surface area (Å²) in [6, 6.07) is 12.6. The van der Waals surface area contributed by atoms with E-state index in [1.165, 1.54) is 16.9 Å². The molecule has 2 fully saturated rings. The Kier molecular flexibility index (Phi) is 5.27. The summed E-state index contributed by atoms with van der Waals surface area (Å²) in [6.45, 7) is 0.961. The van der Waals surface area contributed by atoms with Crippen LogP contribution in [0.3, 0.4) is 0 Å². The zero-order valence-electron chi connectivity index (χ0n) is 19.3. The van der Waals surface area contributed by atoms with Crippen molar-refractivity contribution in [3.63, 3.8) is 0 Å². The molecule has 10 heteroatoms. The van der Waals surface area contributed by atoms with Gasteiger partial charge in [0.25, 0.3) is 5.91 Å². The average Bonchev–Trinajstić information content (AvgIpc) is 3.52. The topological polar surface area (TPSA) is 75.9 Å². The third kappa shape index (κ3) is 3.90. The lowest BCUT2D eigenvalue weighted by Crippen LogP contribution is -2.40. The Morgan fingerprint density at radius 2 is 1.75 bits per heavy atom. The number of carbonyl (C=O) groups is 1. The summed E-state index contributed by atoms with van der Waals surface area (Å²) in [5, 5.41) is 4.34. The summed E-state index contributed by atoms with van der Waals surface area (Å²) in [6.07, 6.45) is 0.0280. The standard InChI is InChI=1S/C26H24F3N5O2/c27-26(28,29)17-4-3-5-19(14-17)34-23(16-8-9-16)20(15-30-34)24(35)32-12-10-18(11-13-32)33-22-7-2-1-6-21(22)31-25(33)36/h1-7,14-16,18H,8-13H2,(H,31,36). The van der Waals surface area contributed by atoms with Crippen LogP contribution in [0.2, 0.25) is 0 Å². The van der Waals surface area contributed by atoms with Crippen molar-refractivity contribution in [3.05, 3.63) is 82.0 Å². The van der Waals surface area contributed by atoms with Crippen LogP contribution in [-0.2, 0) is 6.18 Å². The van der Waals surface area contributed by atoms with Crippen LogP contribution in [0.25, 0.3) is 16.7 Å². The van der Waals surface area contributed by atoms with E-state index in [1.807, 2.05) is 24.3 Å². The first-order valence-corrected chi connectivity index (χ1v) is 12.1. The number of piperidine rings is 1. The third-order valence-electron chi connectivity index (χ3n) is 7.16. The highest BCUT2D eigenvalue weighted by Gasteiger charge is 2.36. The van der Waals surface area contributed by atoms with E-state index in [4.69, 9.17) is 0 Å². The van der Waals surface area contributed by atoms with Gasteiger partial charge >= 0.3 is 11.9 Å². The van der Waals surface area contributed by atoms with E-state index in [1.54, 1.807) is 15.5 Å². The number of halogens is 3. The van der Waals surface area contributed by atoms with Gasteiger partial charge in [-0.25, -0.2) is 9.48 Å². The Bertz CT molecular complexity index is 1500. The Labute approximate surface area is 204 Å². The lowest BCUT2D eigenvalue weighted by molar-refractivity contribution is -0.137. The number of fused-ring (bicyclic) bond motifs is 1. The molecule has 0 unspecified atom stereocenters. The van der Waals surface area contributed by atoms with Gasteiger partial charge in [0.2, 0.25) is 0 Å². The normalized spacial score (nSPS) is 17.1. The predicted octanol–water partition coefficient (Wildman–Crippen LogP) is 4.89. The smallest absolute Gasteiger partial charge is 0.338 e. The summed E-state index contributed by atoms with van der Waals surface area (Å²) in [5.41, 5.74) is 2.15. The maximum Gasteiger partial charge on any atom is 0.416 e. The fourth-order valence-corrected chi connectivity index (χ4v) is 5.23. The number of rotatable bonds is 4. The summed E-state index contributed by atoms with van der Waals surface area (Å²) < 4.78 is 43.0. The second kappa shape index (κ2) is 8.39. The molecule has 186 valence electrons. The molecule has 1 saturated heterocycles. The van der Waals surface area contributed by atoms with Crippen LogP contribution in [0.4, 0.5) is 13.2 Å². The number of nitrogens with one attached hydrogen (secondary N) is 1. The fraction of sp³-hybridized carbons (Fsp3) is 0.346. The molecular formula is C26H24F3N5O2. The van der Waals surface area contributed by atoms with E-state index in [-0.39, 0.29) is 23.6 Å². The minimum Gasteiger partial charge on any atom is -0.338 e. The van der Waals surface area contributed by atoms with Crippen molar-refractivity contribution in [2.24, 2.45) is 0 Å². The highest BCUT2D eigenvalue weighted by atomic mass is 19.4. The van der Waals surface area contributed by atoms with Gasteiger partial charge in [-0.3, -0.25) is 9.36 Å². The van der Waals surface area contributed by atoms with Gasteiger partial charge in [-0.15, -0.1) is 0 Å². The lowest BCUT2D eigenvalue weighted by Gasteiger charge is -2.32. The molecule has 1 aliphatic carbocycles. The minimum absolute atomic E-state index is 0.0200. The van der Waals surface area contributed by atoms with Gasteiger partial charge in [0.05, 0.1) is 39.7 Å². The van der Waals surface area contributed by atoms with E-state index in [2.05, 4.69) is 10.1 Å². The molecular weight excluding hydrogens is 471 g/mol. The van der Waals surface area contributed by atoms with Gasteiger partial charge in [0, 0.05) is 25.0 Å². The summed E-state index contributed by atoms with van der Waals surface area (Å²) >= 11 is 0. The molecule has 1 aliphatic heterocycles. The maximum absolute atomic E-state index is 13.5. The van der Waals surface area contributed by atoms with Crippen LogP contribution < -0.4 is 5.69 Å². The number of benzene rings is 2. The van der Waals surface area contributed by atoms with Crippen molar-refractivity contribution in [1.29, 1.82) is 0 Å². The molecule has 7 nitrogen and oxygen atoms in total. The average molecular weight is 496 g/mol. The molecule has 2 aliphatic rings. The lowest BCUT2D eigenvalue weighted by atomic mass is 10.0. The number of para-hydroxylation sites is 2. The fourth-order valence-electron chi connectivity index (χ4n) is 5.23. The second-order valence-corrected chi connectivity index (χ2v) is 9.52. The SMILES string of the molecule is O=C(c1cnn(-c2cccc(C(F)(F)F)c2)c1C1CC1)N1CCC(n2c(=O)[nH]c3ccccc32)CC1. The maximum atomic E-state index is 13.5. The zero-order chi connectivity index (χ0) is 25.0. The number of imidazole rings is 1. The van der Waals surface area contributed by atoms with Crippen LogP contribution in [0.5, 0.6) is 0 Å². The number of amides is 1. The number of carbonyl (C=O) groups excluding carboxylic acids is 1. The zero-order valence-corrected chi connectivity index (χ0v) is 19.3. The van der Waals surface area contributed by atoms with Gasteiger partial charge in [-0.05, 0) is 56.0 Å². The quantitative estimate of drug-likeness (QED) is 0.438. The number of nitrogens with zero attached hydrogens (tertiary/aromatic N) is 4. The monoisotopic (exact) mass is 495 g/mol. The van der Waals surface area contributed by atoms with Crippen LogP contribution >= 0.6 is 0 Å². The molecule has 36 heavy (non-hydrogen) atoms. The number of likely N-dealkylation sites (tertiary alicyclic amines) is 1. The van der Waals surface area contributed by atoms with Gasteiger partial charge < -0.3 is 9.88 Å². The molecule has 0 spiro atoms. The van der Waals surface area contributed by atoms with Crippen molar-refractivity contribution < 1.29 is 18.0 Å². The molecule has 1 saturated carbocycles.